The van der Waals surface area contributed by atoms with E-state index in [9.17, 15) is 4.79 Å². The number of benzene rings is 1. The lowest BCUT2D eigenvalue weighted by Gasteiger charge is -2.22. The Hall–Kier alpha value is -3.34. The van der Waals surface area contributed by atoms with E-state index in [-0.39, 0.29) is 11.9 Å². The molecular formula is C20H16N4O. The molecule has 0 spiro atoms. The molecule has 0 fully saturated rings. The average molecular weight is 328 g/mol. The van der Waals surface area contributed by atoms with Gasteiger partial charge in [0.2, 0.25) is 0 Å². The maximum absolute atomic E-state index is 13.0. The molecule has 0 aliphatic carbocycles. The van der Waals surface area contributed by atoms with Gasteiger partial charge in [0.1, 0.15) is 0 Å². The molecule has 25 heavy (non-hydrogen) atoms. The van der Waals surface area contributed by atoms with Crippen LogP contribution in [0.1, 0.15) is 34.1 Å². The van der Waals surface area contributed by atoms with Gasteiger partial charge in [-0.05, 0) is 29.8 Å². The van der Waals surface area contributed by atoms with E-state index in [1.54, 1.807) is 35.7 Å². The van der Waals surface area contributed by atoms with Gasteiger partial charge in [0.15, 0.2) is 0 Å². The highest BCUT2D eigenvalue weighted by Gasteiger charge is 2.33. The van der Waals surface area contributed by atoms with Crippen LogP contribution in [0.4, 0.5) is 0 Å². The number of amides is 1. The zero-order valence-corrected chi connectivity index (χ0v) is 13.5. The Morgan fingerprint density at radius 3 is 2.40 bits per heavy atom. The summed E-state index contributed by atoms with van der Waals surface area (Å²) in [4.78, 5) is 21.3. The third-order valence-corrected chi connectivity index (χ3v) is 4.19. The fraction of sp³-hybridized carbons (Fsp3) is 0.100. The summed E-state index contributed by atoms with van der Waals surface area (Å²) in [5.41, 5.74) is 3.24. The first-order valence-electron chi connectivity index (χ1n) is 8.10. The van der Waals surface area contributed by atoms with Crippen LogP contribution in [0.3, 0.4) is 0 Å². The molecule has 4 rings (SSSR count). The van der Waals surface area contributed by atoms with Crippen LogP contribution < -0.4 is 0 Å². The number of pyridine rings is 2. The van der Waals surface area contributed by atoms with Crippen molar-refractivity contribution in [1.29, 1.82) is 0 Å². The summed E-state index contributed by atoms with van der Waals surface area (Å²) < 4.78 is 0. The number of hydrazone groups is 1. The van der Waals surface area contributed by atoms with Gasteiger partial charge in [-0.15, -0.1) is 0 Å². The lowest BCUT2D eigenvalue weighted by molar-refractivity contribution is 0.0711. The summed E-state index contributed by atoms with van der Waals surface area (Å²) in [6, 6.07) is 18.9. The van der Waals surface area contributed by atoms with Crippen molar-refractivity contribution in [3.63, 3.8) is 0 Å². The molecule has 3 heterocycles. The fourth-order valence-corrected chi connectivity index (χ4v) is 2.95. The van der Waals surface area contributed by atoms with Crippen LogP contribution in [-0.4, -0.2) is 26.6 Å². The number of hydrogen-bond donors (Lipinski definition) is 0. The predicted molar refractivity (Wildman–Crippen MR) is 95.0 cm³/mol. The minimum Gasteiger partial charge on any atom is -0.267 e. The van der Waals surface area contributed by atoms with E-state index in [1.165, 1.54) is 0 Å². The number of nitrogens with zero attached hydrogens (tertiary/aromatic N) is 4. The topological polar surface area (TPSA) is 58.5 Å². The molecule has 1 aliphatic heterocycles. The molecule has 1 amide bonds. The van der Waals surface area contributed by atoms with Crippen molar-refractivity contribution in [2.75, 3.05) is 0 Å². The molecular weight excluding hydrogens is 312 g/mol. The van der Waals surface area contributed by atoms with Gasteiger partial charge < -0.3 is 0 Å². The summed E-state index contributed by atoms with van der Waals surface area (Å²) in [5, 5.41) is 6.17. The Morgan fingerprint density at radius 2 is 1.68 bits per heavy atom. The molecule has 0 bridgehead atoms. The van der Waals surface area contributed by atoms with Crippen molar-refractivity contribution in [3.05, 3.63) is 96.1 Å². The molecule has 0 N–H and O–H groups in total. The third-order valence-electron chi connectivity index (χ3n) is 4.19. The molecule has 5 nitrogen and oxygen atoms in total. The molecule has 0 saturated carbocycles. The summed E-state index contributed by atoms with van der Waals surface area (Å²) in [6.07, 6.45) is 5.61. The first kappa shape index (κ1) is 15.2. The lowest BCUT2D eigenvalue weighted by atomic mass is 10.00. The number of hydrogen-bond acceptors (Lipinski definition) is 4. The minimum absolute atomic E-state index is 0.137. The van der Waals surface area contributed by atoms with Crippen LogP contribution in [0.25, 0.3) is 0 Å². The van der Waals surface area contributed by atoms with Gasteiger partial charge in [0.05, 0.1) is 17.4 Å². The highest BCUT2D eigenvalue weighted by atomic mass is 16.2. The normalized spacial score (nSPS) is 16.6. The van der Waals surface area contributed by atoms with Crippen molar-refractivity contribution >= 4 is 11.6 Å². The van der Waals surface area contributed by atoms with Gasteiger partial charge >= 0.3 is 0 Å². The summed E-state index contributed by atoms with van der Waals surface area (Å²) in [7, 11) is 0. The van der Waals surface area contributed by atoms with E-state index in [1.807, 2.05) is 48.5 Å². The Bertz CT molecular complexity index is 895. The van der Waals surface area contributed by atoms with Gasteiger partial charge in [-0.2, -0.15) is 5.10 Å². The maximum Gasteiger partial charge on any atom is 0.274 e. The quantitative estimate of drug-likeness (QED) is 0.740. The van der Waals surface area contributed by atoms with E-state index in [0.29, 0.717) is 12.0 Å². The molecule has 0 radical (unpaired) electrons. The first-order valence-corrected chi connectivity index (χ1v) is 8.10. The standard InChI is InChI=1S/C20H16N4O/c25-20(16-9-12-21-13-10-16)24-19(15-6-2-1-3-7-15)14-18(23-24)17-8-4-5-11-22-17/h1-13,19H,14H2. The first-order chi connectivity index (χ1) is 12.3. The van der Waals surface area contributed by atoms with Gasteiger partial charge in [-0.1, -0.05) is 36.4 Å². The van der Waals surface area contributed by atoms with Crippen LogP contribution in [0.15, 0.2) is 84.4 Å². The zero-order valence-electron chi connectivity index (χ0n) is 13.5. The van der Waals surface area contributed by atoms with E-state index in [2.05, 4.69) is 15.1 Å². The Balaban J connectivity index is 1.73. The number of aromatic nitrogens is 2. The van der Waals surface area contributed by atoms with Gasteiger partial charge in [-0.25, -0.2) is 5.01 Å². The average Bonchev–Trinajstić information content (AvgIpc) is 3.15. The second kappa shape index (κ2) is 6.65. The van der Waals surface area contributed by atoms with Crippen LogP contribution >= 0.6 is 0 Å². The minimum atomic E-state index is -0.140. The Kier molecular flexibility index (Phi) is 4.04. The van der Waals surface area contributed by atoms with Crippen molar-refractivity contribution in [2.24, 2.45) is 5.10 Å². The van der Waals surface area contributed by atoms with Crippen molar-refractivity contribution < 1.29 is 4.79 Å². The number of carbonyl (C=O) groups excluding carboxylic acids is 1. The predicted octanol–water partition coefficient (Wildman–Crippen LogP) is 3.47. The van der Waals surface area contributed by atoms with Crippen molar-refractivity contribution in [1.82, 2.24) is 15.0 Å². The third kappa shape index (κ3) is 3.04. The van der Waals surface area contributed by atoms with Crippen LogP contribution in [0.5, 0.6) is 0 Å². The lowest BCUT2D eigenvalue weighted by Crippen LogP contribution is -2.27. The summed E-state index contributed by atoms with van der Waals surface area (Å²) in [6.45, 7) is 0. The molecule has 0 saturated heterocycles. The van der Waals surface area contributed by atoms with Crippen molar-refractivity contribution in [3.8, 4) is 0 Å². The maximum atomic E-state index is 13.0. The molecule has 2 aromatic heterocycles. The SMILES string of the molecule is O=C(c1ccncc1)N1N=C(c2ccccn2)CC1c1ccccc1. The largest absolute Gasteiger partial charge is 0.274 e. The van der Waals surface area contributed by atoms with Gasteiger partial charge in [-0.3, -0.25) is 14.8 Å². The molecule has 122 valence electrons. The molecule has 3 aromatic rings. The second-order valence-electron chi connectivity index (χ2n) is 5.78. The van der Waals surface area contributed by atoms with Gasteiger partial charge in [0, 0.05) is 30.6 Å². The van der Waals surface area contributed by atoms with Gasteiger partial charge in [0.25, 0.3) is 5.91 Å². The smallest absolute Gasteiger partial charge is 0.267 e. The molecule has 1 atom stereocenters. The Labute approximate surface area is 145 Å². The zero-order chi connectivity index (χ0) is 17.1. The van der Waals surface area contributed by atoms with E-state index in [0.717, 1.165) is 17.0 Å². The van der Waals surface area contributed by atoms with Crippen LogP contribution in [0.2, 0.25) is 0 Å². The molecule has 1 unspecified atom stereocenters. The molecule has 1 aliphatic rings. The second-order valence-corrected chi connectivity index (χ2v) is 5.78. The van der Waals surface area contributed by atoms with E-state index in [4.69, 9.17) is 0 Å². The monoisotopic (exact) mass is 328 g/mol. The van der Waals surface area contributed by atoms with E-state index >= 15 is 0 Å². The highest BCUT2D eigenvalue weighted by molar-refractivity contribution is 6.03. The number of rotatable bonds is 3. The summed E-state index contributed by atoms with van der Waals surface area (Å²) >= 11 is 0. The van der Waals surface area contributed by atoms with Crippen LogP contribution in [-0.2, 0) is 0 Å². The van der Waals surface area contributed by atoms with E-state index < -0.39 is 0 Å². The highest BCUT2D eigenvalue weighted by Crippen LogP contribution is 2.33. The fourth-order valence-electron chi connectivity index (χ4n) is 2.95. The molecule has 1 aromatic carbocycles. The summed E-state index contributed by atoms with van der Waals surface area (Å²) in [5.74, 6) is -0.137. The Morgan fingerprint density at radius 1 is 0.920 bits per heavy atom. The number of carbonyl (C=O) groups is 1. The van der Waals surface area contributed by atoms with Crippen LogP contribution in [0, 0.1) is 0 Å². The van der Waals surface area contributed by atoms with Crippen molar-refractivity contribution in [2.45, 2.75) is 12.5 Å². The molecule has 5 heteroatoms.